The number of amides is 2. The third-order valence-electron chi connectivity index (χ3n) is 3.78. The monoisotopic (exact) mass is 382 g/mol. The van der Waals surface area contributed by atoms with Crippen LogP contribution < -0.4 is 24.8 Å². The summed E-state index contributed by atoms with van der Waals surface area (Å²) in [6, 6.07) is 9.80. The van der Waals surface area contributed by atoms with Gasteiger partial charge in [0, 0.05) is 23.3 Å². The fourth-order valence-corrected chi connectivity index (χ4v) is 2.39. The van der Waals surface area contributed by atoms with Crippen molar-refractivity contribution in [3.8, 4) is 29.1 Å². The first-order valence-electron chi connectivity index (χ1n) is 8.43. The Kier molecular flexibility index (Phi) is 7.28. The van der Waals surface area contributed by atoms with Gasteiger partial charge in [-0.05, 0) is 19.1 Å². The molecule has 0 spiro atoms. The molecular formula is C21H22N2O5. The Morgan fingerprint density at radius 3 is 2.07 bits per heavy atom. The highest BCUT2D eigenvalue weighted by atomic mass is 16.5. The van der Waals surface area contributed by atoms with Crippen molar-refractivity contribution in [1.82, 2.24) is 5.32 Å². The third kappa shape index (κ3) is 5.42. The van der Waals surface area contributed by atoms with Gasteiger partial charge in [-0.3, -0.25) is 4.79 Å². The van der Waals surface area contributed by atoms with E-state index in [1.165, 1.54) is 28.3 Å². The summed E-state index contributed by atoms with van der Waals surface area (Å²) in [6.07, 6.45) is 0. The zero-order valence-corrected chi connectivity index (χ0v) is 16.2. The fourth-order valence-electron chi connectivity index (χ4n) is 2.39. The van der Waals surface area contributed by atoms with Crippen molar-refractivity contribution in [2.45, 2.75) is 6.92 Å². The van der Waals surface area contributed by atoms with E-state index < -0.39 is 6.03 Å². The van der Waals surface area contributed by atoms with Crippen LogP contribution in [0.2, 0.25) is 0 Å². The number of rotatable bonds is 6. The molecule has 0 heterocycles. The van der Waals surface area contributed by atoms with E-state index in [4.69, 9.17) is 14.2 Å². The summed E-state index contributed by atoms with van der Waals surface area (Å²) in [5.74, 6) is 7.09. The molecule has 0 bridgehead atoms. The van der Waals surface area contributed by atoms with Crippen molar-refractivity contribution in [3.63, 3.8) is 0 Å². The van der Waals surface area contributed by atoms with Crippen LogP contribution in [0.1, 0.15) is 22.8 Å². The standard InChI is InChI=1S/C21H22N2O5/c1-14(24)16-9-7-15(8-10-16)6-5-11-22-21(25)23-17-12-18(26-2)20(28-4)19(13-17)27-3/h7-10,12-13H,11H2,1-4H3,(H2,22,23,25). The normalized spacial score (nSPS) is 9.57. The minimum absolute atomic E-state index is 0.00430. The van der Waals surface area contributed by atoms with Gasteiger partial charge in [-0.1, -0.05) is 24.0 Å². The number of hydrogen-bond acceptors (Lipinski definition) is 5. The van der Waals surface area contributed by atoms with Gasteiger partial charge in [0.2, 0.25) is 5.75 Å². The van der Waals surface area contributed by atoms with Crippen molar-refractivity contribution in [2.75, 3.05) is 33.2 Å². The van der Waals surface area contributed by atoms with Gasteiger partial charge in [-0.15, -0.1) is 0 Å². The van der Waals surface area contributed by atoms with Gasteiger partial charge >= 0.3 is 6.03 Å². The van der Waals surface area contributed by atoms with Crippen molar-refractivity contribution in [2.24, 2.45) is 0 Å². The van der Waals surface area contributed by atoms with E-state index in [9.17, 15) is 9.59 Å². The van der Waals surface area contributed by atoms with Crippen molar-refractivity contribution < 1.29 is 23.8 Å². The highest BCUT2D eigenvalue weighted by Crippen LogP contribution is 2.39. The van der Waals surface area contributed by atoms with Crippen LogP contribution in [-0.4, -0.2) is 39.7 Å². The maximum Gasteiger partial charge on any atom is 0.319 e. The van der Waals surface area contributed by atoms with E-state index in [1.54, 1.807) is 36.4 Å². The number of benzene rings is 2. The Hall–Kier alpha value is -3.66. The van der Waals surface area contributed by atoms with E-state index in [0.29, 0.717) is 28.5 Å². The largest absolute Gasteiger partial charge is 0.493 e. The summed E-state index contributed by atoms with van der Waals surface area (Å²) in [4.78, 5) is 23.3. The molecule has 2 aromatic rings. The second kappa shape index (κ2) is 9.88. The second-order valence-electron chi connectivity index (χ2n) is 5.66. The Morgan fingerprint density at radius 1 is 0.964 bits per heavy atom. The zero-order valence-electron chi connectivity index (χ0n) is 16.2. The van der Waals surface area contributed by atoms with Crippen LogP contribution >= 0.6 is 0 Å². The molecule has 0 saturated carbocycles. The molecule has 0 radical (unpaired) electrons. The fraction of sp³-hybridized carbons (Fsp3) is 0.238. The highest BCUT2D eigenvalue weighted by molar-refractivity contribution is 5.94. The van der Waals surface area contributed by atoms with E-state index in [1.807, 2.05) is 0 Å². The first kappa shape index (κ1) is 20.6. The van der Waals surface area contributed by atoms with Gasteiger partial charge in [0.1, 0.15) is 0 Å². The molecule has 7 heteroatoms. The number of carbonyl (C=O) groups is 2. The number of hydrogen-bond donors (Lipinski definition) is 2. The summed E-state index contributed by atoms with van der Waals surface area (Å²) in [7, 11) is 4.51. The lowest BCUT2D eigenvalue weighted by atomic mass is 10.1. The summed E-state index contributed by atoms with van der Waals surface area (Å²) in [6.45, 7) is 1.67. The molecule has 146 valence electrons. The summed E-state index contributed by atoms with van der Waals surface area (Å²) >= 11 is 0. The molecule has 2 rings (SSSR count). The SMILES string of the molecule is COc1cc(NC(=O)NCC#Cc2ccc(C(C)=O)cc2)cc(OC)c1OC. The third-order valence-corrected chi connectivity index (χ3v) is 3.78. The molecule has 0 fully saturated rings. The molecule has 0 aromatic heterocycles. The van der Waals surface area contributed by atoms with Crippen molar-refractivity contribution >= 4 is 17.5 Å². The first-order chi connectivity index (χ1) is 13.5. The molecule has 2 N–H and O–H groups in total. The molecule has 28 heavy (non-hydrogen) atoms. The molecule has 0 saturated heterocycles. The van der Waals surface area contributed by atoms with E-state index >= 15 is 0 Å². The summed E-state index contributed by atoms with van der Waals surface area (Å²) in [5, 5.41) is 5.33. The Morgan fingerprint density at radius 2 is 1.57 bits per heavy atom. The summed E-state index contributed by atoms with van der Waals surface area (Å²) < 4.78 is 15.7. The van der Waals surface area contributed by atoms with Crippen LogP contribution in [0.3, 0.4) is 0 Å². The van der Waals surface area contributed by atoms with Crippen molar-refractivity contribution in [3.05, 3.63) is 47.5 Å². The lowest BCUT2D eigenvalue weighted by Crippen LogP contribution is -2.28. The summed E-state index contributed by atoms with van der Waals surface area (Å²) in [5.41, 5.74) is 1.88. The smallest absolute Gasteiger partial charge is 0.319 e. The molecule has 2 amide bonds. The average molecular weight is 382 g/mol. The Bertz CT molecular complexity index is 886. The number of ether oxygens (including phenoxy) is 3. The van der Waals surface area contributed by atoms with Crippen LogP contribution in [-0.2, 0) is 0 Å². The minimum Gasteiger partial charge on any atom is -0.493 e. The van der Waals surface area contributed by atoms with E-state index in [-0.39, 0.29) is 12.3 Å². The zero-order chi connectivity index (χ0) is 20.5. The quantitative estimate of drug-likeness (QED) is 0.592. The molecule has 7 nitrogen and oxygen atoms in total. The van der Waals surface area contributed by atoms with E-state index in [2.05, 4.69) is 22.5 Å². The topological polar surface area (TPSA) is 85.9 Å². The average Bonchev–Trinajstić information content (AvgIpc) is 2.70. The van der Waals surface area contributed by atoms with E-state index in [0.717, 1.165) is 5.56 Å². The highest BCUT2D eigenvalue weighted by Gasteiger charge is 2.14. The van der Waals surface area contributed by atoms with Crippen LogP contribution in [0.25, 0.3) is 0 Å². The number of methoxy groups -OCH3 is 3. The molecular weight excluding hydrogens is 360 g/mol. The number of ketones is 1. The lowest BCUT2D eigenvalue weighted by molar-refractivity contribution is 0.101. The first-order valence-corrected chi connectivity index (χ1v) is 8.43. The molecule has 0 atom stereocenters. The van der Waals surface area contributed by atoms with Crippen LogP contribution in [0.15, 0.2) is 36.4 Å². The lowest BCUT2D eigenvalue weighted by Gasteiger charge is -2.14. The number of nitrogens with one attached hydrogen (secondary N) is 2. The van der Waals surface area contributed by atoms with Crippen molar-refractivity contribution in [1.29, 1.82) is 0 Å². The minimum atomic E-state index is -0.421. The van der Waals surface area contributed by atoms with Gasteiger partial charge in [0.05, 0.1) is 33.6 Å². The number of carbonyl (C=O) groups excluding carboxylic acids is 2. The van der Waals surface area contributed by atoms with Gasteiger partial charge in [-0.2, -0.15) is 0 Å². The molecule has 2 aromatic carbocycles. The van der Waals surface area contributed by atoms with Crippen LogP contribution in [0.5, 0.6) is 17.2 Å². The predicted octanol–water partition coefficient (Wildman–Crippen LogP) is 3.09. The number of urea groups is 1. The maximum atomic E-state index is 12.1. The van der Waals surface area contributed by atoms with Gasteiger partial charge in [0.15, 0.2) is 17.3 Å². The number of Topliss-reactive ketones (excluding diaryl/α,β-unsaturated/α-hetero) is 1. The van der Waals surface area contributed by atoms with Gasteiger partial charge in [-0.25, -0.2) is 4.79 Å². The molecule has 0 aliphatic carbocycles. The van der Waals surface area contributed by atoms with Gasteiger partial charge < -0.3 is 24.8 Å². The second-order valence-corrected chi connectivity index (χ2v) is 5.66. The predicted molar refractivity (Wildman–Crippen MR) is 106 cm³/mol. The van der Waals surface area contributed by atoms with Crippen LogP contribution in [0.4, 0.5) is 10.5 Å². The molecule has 0 unspecified atom stereocenters. The van der Waals surface area contributed by atoms with Gasteiger partial charge in [0.25, 0.3) is 0 Å². The number of anilines is 1. The maximum absolute atomic E-state index is 12.1. The van der Waals surface area contributed by atoms with Crippen LogP contribution in [0, 0.1) is 11.8 Å². The molecule has 0 aliphatic rings. The molecule has 0 aliphatic heterocycles. The Labute approximate surface area is 164 Å². The Balaban J connectivity index is 1.95.